The number of hydrogen-bond acceptors (Lipinski definition) is 5. The van der Waals surface area contributed by atoms with Crippen molar-refractivity contribution in [3.8, 4) is 0 Å². The lowest BCUT2D eigenvalue weighted by atomic mass is 10.4. The first-order chi connectivity index (χ1) is 7.83. The normalized spacial score (nSPS) is 15.5. The SMILES string of the molecule is NCCNc1nncc(N2CCCC2)c1Cl. The number of aromatic nitrogens is 2. The fourth-order valence-corrected chi connectivity index (χ4v) is 2.12. The summed E-state index contributed by atoms with van der Waals surface area (Å²) in [5.41, 5.74) is 6.39. The van der Waals surface area contributed by atoms with E-state index in [1.54, 1.807) is 6.20 Å². The number of nitrogens with zero attached hydrogens (tertiary/aromatic N) is 3. The average molecular weight is 242 g/mol. The Labute approximate surface area is 100.0 Å². The summed E-state index contributed by atoms with van der Waals surface area (Å²) in [6.45, 7) is 3.29. The van der Waals surface area contributed by atoms with Gasteiger partial charge in [-0.15, -0.1) is 5.10 Å². The van der Waals surface area contributed by atoms with Crippen LogP contribution in [0.5, 0.6) is 0 Å². The molecule has 16 heavy (non-hydrogen) atoms. The van der Waals surface area contributed by atoms with E-state index in [1.807, 2.05) is 0 Å². The number of halogens is 1. The molecule has 2 rings (SSSR count). The summed E-state index contributed by atoms with van der Waals surface area (Å²) in [7, 11) is 0. The Kier molecular flexibility index (Phi) is 3.79. The first-order valence-corrected chi connectivity index (χ1v) is 5.91. The van der Waals surface area contributed by atoms with Crippen molar-refractivity contribution >= 4 is 23.1 Å². The zero-order valence-corrected chi connectivity index (χ0v) is 9.87. The molecule has 5 nitrogen and oxygen atoms in total. The van der Waals surface area contributed by atoms with Gasteiger partial charge in [-0.2, -0.15) is 5.10 Å². The zero-order valence-electron chi connectivity index (χ0n) is 9.12. The van der Waals surface area contributed by atoms with Gasteiger partial charge in [0, 0.05) is 26.2 Å². The van der Waals surface area contributed by atoms with Crippen LogP contribution < -0.4 is 16.0 Å². The molecule has 1 saturated heterocycles. The predicted octanol–water partition coefficient (Wildman–Crippen LogP) is 1.10. The topological polar surface area (TPSA) is 67.1 Å². The van der Waals surface area contributed by atoms with Gasteiger partial charge in [0.1, 0.15) is 5.02 Å². The molecular weight excluding hydrogens is 226 g/mol. The Balaban J connectivity index is 2.18. The molecule has 0 unspecified atom stereocenters. The van der Waals surface area contributed by atoms with Crippen molar-refractivity contribution in [2.24, 2.45) is 5.73 Å². The monoisotopic (exact) mass is 241 g/mol. The fraction of sp³-hybridized carbons (Fsp3) is 0.600. The average Bonchev–Trinajstić information content (AvgIpc) is 2.81. The van der Waals surface area contributed by atoms with Gasteiger partial charge in [-0.1, -0.05) is 11.6 Å². The third kappa shape index (κ3) is 2.36. The van der Waals surface area contributed by atoms with E-state index in [1.165, 1.54) is 12.8 Å². The Morgan fingerprint density at radius 3 is 2.88 bits per heavy atom. The third-order valence-corrected chi connectivity index (χ3v) is 3.03. The second-order valence-electron chi connectivity index (χ2n) is 3.80. The minimum atomic E-state index is 0.548. The van der Waals surface area contributed by atoms with Crippen LogP contribution in [0.15, 0.2) is 6.20 Å². The Bertz CT molecular complexity index is 351. The van der Waals surface area contributed by atoms with Gasteiger partial charge in [-0.25, -0.2) is 0 Å². The molecular formula is C10H16ClN5. The van der Waals surface area contributed by atoms with Crippen LogP contribution in [-0.2, 0) is 0 Å². The van der Waals surface area contributed by atoms with Crippen LogP contribution in [0, 0.1) is 0 Å². The van der Waals surface area contributed by atoms with Crippen LogP contribution in [0.2, 0.25) is 5.02 Å². The zero-order chi connectivity index (χ0) is 11.4. The van der Waals surface area contributed by atoms with Crippen molar-refractivity contribution in [2.75, 3.05) is 36.4 Å². The smallest absolute Gasteiger partial charge is 0.169 e. The summed E-state index contributed by atoms with van der Waals surface area (Å²) in [5.74, 6) is 0.622. The first kappa shape index (κ1) is 11.4. The number of anilines is 2. The molecule has 1 fully saturated rings. The maximum Gasteiger partial charge on any atom is 0.169 e. The van der Waals surface area contributed by atoms with Crippen molar-refractivity contribution in [3.05, 3.63) is 11.2 Å². The van der Waals surface area contributed by atoms with Gasteiger partial charge in [-0.3, -0.25) is 0 Å². The van der Waals surface area contributed by atoms with Crippen LogP contribution >= 0.6 is 11.6 Å². The summed E-state index contributed by atoms with van der Waals surface area (Å²) in [5, 5.41) is 11.6. The molecule has 0 aliphatic carbocycles. The quantitative estimate of drug-likeness (QED) is 0.827. The van der Waals surface area contributed by atoms with Crippen molar-refractivity contribution in [2.45, 2.75) is 12.8 Å². The van der Waals surface area contributed by atoms with Crippen LogP contribution in [0.3, 0.4) is 0 Å². The lowest BCUT2D eigenvalue weighted by Crippen LogP contribution is -2.20. The van der Waals surface area contributed by atoms with Gasteiger partial charge in [0.2, 0.25) is 0 Å². The molecule has 0 atom stereocenters. The predicted molar refractivity (Wildman–Crippen MR) is 66.0 cm³/mol. The molecule has 2 heterocycles. The van der Waals surface area contributed by atoms with E-state index in [0.717, 1.165) is 18.8 Å². The molecule has 88 valence electrons. The van der Waals surface area contributed by atoms with Crippen molar-refractivity contribution in [3.63, 3.8) is 0 Å². The van der Waals surface area contributed by atoms with E-state index in [9.17, 15) is 0 Å². The van der Waals surface area contributed by atoms with E-state index in [0.29, 0.717) is 23.9 Å². The standard InChI is InChI=1S/C10H16ClN5/c11-9-8(16-5-1-2-6-16)7-14-15-10(9)13-4-3-12/h7H,1-6,12H2,(H,13,15). The number of nitrogens with two attached hydrogens (primary N) is 1. The number of rotatable bonds is 4. The molecule has 0 aromatic carbocycles. The molecule has 0 bridgehead atoms. The largest absolute Gasteiger partial charge is 0.369 e. The highest BCUT2D eigenvalue weighted by molar-refractivity contribution is 6.35. The summed E-state index contributed by atoms with van der Waals surface area (Å²) in [6.07, 6.45) is 4.15. The summed E-state index contributed by atoms with van der Waals surface area (Å²) >= 11 is 6.28. The van der Waals surface area contributed by atoms with E-state index in [-0.39, 0.29) is 0 Å². The molecule has 1 aromatic heterocycles. The van der Waals surface area contributed by atoms with E-state index in [2.05, 4.69) is 20.4 Å². The highest BCUT2D eigenvalue weighted by atomic mass is 35.5. The van der Waals surface area contributed by atoms with Crippen molar-refractivity contribution in [1.82, 2.24) is 10.2 Å². The van der Waals surface area contributed by atoms with Gasteiger partial charge in [0.15, 0.2) is 5.82 Å². The Hall–Kier alpha value is -1.07. The Morgan fingerprint density at radius 2 is 2.19 bits per heavy atom. The molecule has 6 heteroatoms. The molecule has 0 spiro atoms. The lowest BCUT2D eigenvalue weighted by molar-refractivity contribution is 0.927. The van der Waals surface area contributed by atoms with Gasteiger partial charge in [-0.05, 0) is 12.8 Å². The van der Waals surface area contributed by atoms with Crippen molar-refractivity contribution < 1.29 is 0 Å². The molecule has 1 aliphatic heterocycles. The number of hydrogen-bond donors (Lipinski definition) is 2. The van der Waals surface area contributed by atoms with E-state index in [4.69, 9.17) is 17.3 Å². The minimum absolute atomic E-state index is 0.548. The van der Waals surface area contributed by atoms with Crippen LogP contribution in [0.25, 0.3) is 0 Å². The highest BCUT2D eigenvalue weighted by Crippen LogP contribution is 2.31. The van der Waals surface area contributed by atoms with Crippen LogP contribution in [0.1, 0.15) is 12.8 Å². The van der Waals surface area contributed by atoms with Gasteiger partial charge in [0.25, 0.3) is 0 Å². The maximum absolute atomic E-state index is 6.28. The molecule has 3 N–H and O–H groups in total. The lowest BCUT2D eigenvalue weighted by Gasteiger charge is -2.19. The third-order valence-electron chi connectivity index (χ3n) is 2.65. The van der Waals surface area contributed by atoms with E-state index < -0.39 is 0 Å². The highest BCUT2D eigenvalue weighted by Gasteiger charge is 2.17. The summed E-state index contributed by atoms with van der Waals surface area (Å²) < 4.78 is 0. The maximum atomic E-state index is 6.28. The van der Waals surface area contributed by atoms with Crippen LogP contribution in [-0.4, -0.2) is 36.4 Å². The molecule has 0 saturated carbocycles. The fourth-order valence-electron chi connectivity index (χ4n) is 1.85. The van der Waals surface area contributed by atoms with Gasteiger partial charge < -0.3 is 16.0 Å². The molecule has 0 amide bonds. The Morgan fingerprint density at radius 1 is 1.44 bits per heavy atom. The summed E-state index contributed by atoms with van der Waals surface area (Å²) in [6, 6.07) is 0. The van der Waals surface area contributed by atoms with Gasteiger partial charge in [0.05, 0.1) is 11.9 Å². The summed E-state index contributed by atoms with van der Waals surface area (Å²) in [4.78, 5) is 2.24. The molecule has 0 radical (unpaired) electrons. The van der Waals surface area contributed by atoms with Crippen LogP contribution in [0.4, 0.5) is 11.5 Å². The van der Waals surface area contributed by atoms with E-state index >= 15 is 0 Å². The first-order valence-electron chi connectivity index (χ1n) is 5.53. The molecule has 1 aliphatic rings. The molecule has 1 aromatic rings. The minimum Gasteiger partial charge on any atom is -0.369 e. The van der Waals surface area contributed by atoms with Crippen molar-refractivity contribution in [1.29, 1.82) is 0 Å². The van der Waals surface area contributed by atoms with Gasteiger partial charge >= 0.3 is 0 Å². The second kappa shape index (κ2) is 5.32. The number of nitrogens with one attached hydrogen (secondary N) is 1. The second-order valence-corrected chi connectivity index (χ2v) is 4.18.